The molecule has 0 aliphatic heterocycles. The third kappa shape index (κ3) is 1.65. The van der Waals surface area contributed by atoms with E-state index in [0.29, 0.717) is 0 Å². The molecule has 0 unspecified atom stereocenters. The molecule has 2 aromatic rings. The van der Waals surface area contributed by atoms with Crippen LogP contribution in [-0.2, 0) is 0 Å². The van der Waals surface area contributed by atoms with Crippen molar-refractivity contribution in [2.24, 2.45) is 5.73 Å². The summed E-state index contributed by atoms with van der Waals surface area (Å²) < 4.78 is 1.77. The Kier molecular flexibility index (Phi) is 2.28. The molecule has 72 valence electrons. The van der Waals surface area contributed by atoms with Crippen LogP contribution in [0.5, 0.6) is 0 Å². The number of nitrogens with zero attached hydrogens (tertiary/aromatic N) is 3. The molecule has 0 saturated carbocycles. The second-order valence-electron chi connectivity index (χ2n) is 3.19. The maximum atomic E-state index is 5.71. The van der Waals surface area contributed by atoms with Gasteiger partial charge in [0.1, 0.15) is 0 Å². The smallest absolute Gasteiger partial charge is 0.0828 e. The van der Waals surface area contributed by atoms with Gasteiger partial charge in [-0.1, -0.05) is 0 Å². The molecule has 14 heavy (non-hydrogen) atoms. The van der Waals surface area contributed by atoms with Gasteiger partial charge in [0.05, 0.1) is 17.6 Å². The Hall–Kier alpha value is -1.68. The summed E-state index contributed by atoms with van der Waals surface area (Å²) in [6, 6.07) is 5.71. The van der Waals surface area contributed by atoms with E-state index in [-0.39, 0.29) is 6.04 Å². The van der Waals surface area contributed by atoms with E-state index in [0.717, 1.165) is 11.4 Å². The topological polar surface area (TPSA) is 56.7 Å². The van der Waals surface area contributed by atoms with E-state index in [2.05, 4.69) is 10.1 Å². The highest BCUT2D eigenvalue weighted by atomic mass is 15.3. The van der Waals surface area contributed by atoms with Gasteiger partial charge in [-0.15, -0.1) is 0 Å². The number of rotatable bonds is 2. The Morgan fingerprint density at radius 3 is 2.86 bits per heavy atom. The molecule has 2 heterocycles. The van der Waals surface area contributed by atoms with Crippen LogP contribution in [0.3, 0.4) is 0 Å². The van der Waals surface area contributed by atoms with Gasteiger partial charge >= 0.3 is 0 Å². The average Bonchev–Trinajstić information content (AvgIpc) is 2.68. The second-order valence-corrected chi connectivity index (χ2v) is 3.19. The van der Waals surface area contributed by atoms with Crippen molar-refractivity contribution in [3.05, 3.63) is 42.5 Å². The van der Waals surface area contributed by atoms with Gasteiger partial charge in [-0.25, -0.2) is 4.68 Å². The summed E-state index contributed by atoms with van der Waals surface area (Å²) in [7, 11) is 0. The fourth-order valence-corrected chi connectivity index (χ4v) is 1.21. The van der Waals surface area contributed by atoms with E-state index >= 15 is 0 Å². The normalized spacial score (nSPS) is 12.7. The average molecular weight is 188 g/mol. The van der Waals surface area contributed by atoms with Crippen LogP contribution in [0.15, 0.2) is 36.8 Å². The first-order valence-electron chi connectivity index (χ1n) is 4.49. The maximum absolute atomic E-state index is 5.71. The van der Waals surface area contributed by atoms with Crippen LogP contribution in [0.2, 0.25) is 0 Å². The van der Waals surface area contributed by atoms with Gasteiger partial charge in [0.25, 0.3) is 0 Å². The lowest BCUT2D eigenvalue weighted by molar-refractivity contribution is 0.741. The van der Waals surface area contributed by atoms with E-state index in [1.54, 1.807) is 17.1 Å². The molecular formula is C10H12N4. The third-order valence-electron chi connectivity index (χ3n) is 1.99. The van der Waals surface area contributed by atoms with Gasteiger partial charge in [0.2, 0.25) is 0 Å². The molecule has 4 heteroatoms. The molecule has 1 atom stereocenters. The van der Waals surface area contributed by atoms with E-state index in [4.69, 9.17) is 5.73 Å². The number of aromatic nitrogens is 3. The van der Waals surface area contributed by atoms with Crippen LogP contribution >= 0.6 is 0 Å². The van der Waals surface area contributed by atoms with E-state index < -0.39 is 0 Å². The van der Waals surface area contributed by atoms with Crippen molar-refractivity contribution in [2.75, 3.05) is 0 Å². The fraction of sp³-hybridized carbons (Fsp3) is 0.200. The Morgan fingerprint density at radius 1 is 1.43 bits per heavy atom. The molecule has 0 spiro atoms. The summed E-state index contributed by atoms with van der Waals surface area (Å²) in [5, 5.41) is 4.33. The lowest BCUT2D eigenvalue weighted by Crippen LogP contribution is -2.06. The molecule has 0 aliphatic rings. The largest absolute Gasteiger partial charge is 0.323 e. The Morgan fingerprint density at radius 2 is 2.29 bits per heavy atom. The Labute approximate surface area is 82.4 Å². The zero-order valence-electron chi connectivity index (χ0n) is 7.96. The van der Waals surface area contributed by atoms with Crippen LogP contribution in [0.1, 0.15) is 18.7 Å². The summed E-state index contributed by atoms with van der Waals surface area (Å²) in [6.07, 6.45) is 5.38. The summed E-state index contributed by atoms with van der Waals surface area (Å²) in [4.78, 5) is 4.02. The molecular weight excluding hydrogens is 176 g/mol. The van der Waals surface area contributed by atoms with E-state index in [9.17, 15) is 0 Å². The summed E-state index contributed by atoms with van der Waals surface area (Å²) in [5.74, 6) is 0. The van der Waals surface area contributed by atoms with Crippen molar-refractivity contribution in [2.45, 2.75) is 13.0 Å². The fourth-order valence-electron chi connectivity index (χ4n) is 1.21. The zero-order valence-corrected chi connectivity index (χ0v) is 7.96. The minimum absolute atomic E-state index is 0.0343. The number of nitrogens with two attached hydrogens (primary N) is 1. The second kappa shape index (κ2) is 3.59. The third-order valence-corrected chi connectivity index (χ3v) is 1.99. The molecule has 2 rings (SSSR count). The molecule has 2 aromatic heterocycles. The molecule has 0 bridgehead atoms. The standard InChI is InChI=1S/C10H12N4/c1-8(11)10-4-6-14(13-10)9-3-2-5-12-7-9/h2-8H,11H2,1H3/t8-/m0/s1. The van der Waals surface area contributed by atoms with Crippen LogP contribution in [0, 0.1) is 0 Å². The van der Waals surface area contributed by atoms with Crippen molar-refractivity contribution in [1.29, 1.82) is 0 Å². The highest BCUT2D eigenvalue weighted by Crippen LogP contribution is 2.09. The molecule has 0 saturated heterocycles. The van der Waals surface area contributed by atoms with Gasteiger partial charge in [-0.2, -0.15) is 5.10 Å². The quantitative estimate of drug-likeness (QED) is 0.772. The van der Waals surface area contributed by atoms with Crippen molar-refractivity contribution in [3.63, 3.8) is 0 Å². The van der Waals surface area contributed by atoms with Crippen LogP contribution in [0.25, 0.3) is 5.69 Å². The van der Waals surface area contributed by atoms with Gasteiger partial charge in [0.15, 0.2) is 0 Å². The molecule has 4 nitrogen and oxygen atoms in total. The Balaban J connectivity index is 2.34. The monoisotopic (exact) mass is 188 g/mol. The SMILES string of the molecule is C[C@H](N)c1ccn(-c2cccnc2)n1. The summed E-state index contributed by atoms with van der Waals surface area (Å²) in [6.45, 7) is 1.91. The van der Waals surface area contributed by atoms with Crippen LogP contribution < -0.4 is 5.73 Å². The molecule has 0 radical (unpaired) electrons. The van der Waals surface area contributed by atoms with Gasteiger partial charge in [-0.3, -0.25) is 4.98 Å². The van der Waals surface area contributed by atoms with Gasteiger partial charge < -0.3 is 5.73 Å². The first-order chi connectivity index (χ1) is 6.77. The Bertz CT molecular complexity index is 405. The van der Waals surface area contributed by atoms with Crippen molar-refractivity contribution >= 4 is 0 Å². The summed E-state index contributed by atoms with van der Waals surface area (Å²) >= 11 is 0. The number of hydrogen-bond acceptors (Lipinski definition) is 3. The lowest BCUT2D eigenvalue weighted by atomic mass is 10.3. The van der Waals surface area contributed by atoms with Crippen molar-refractivity contribution in [1.82, 2.24) is 14.8 Å². The van der Waals surface area contributed by atoms with Crippen LogP contribution in [-0.4, -0.2) is 14.8 Å². The minimum Gasteiger partial charge on any atom is -0.323 e. The van der Waals surface area contributed by atoms with E-state index in [1.807, 2.05) is 31.3 Å². The minimum atomic E-state index is -0.0343. The van der Waals surface area contributed by atoms with Gasteiger partial charge in [0, 0.05) is 18.4 Å². The highest BCUT2D eigenvalue weighted by molar-refractivity contribution is 5.27. The van der Waals surface area contributed by atoms with Crippen LogP contribution in [0.4, 0.5) is 0 Å². The van der Waals surface area contributed by atoms with Gasteiger partial charge in [-0.05, 0) is 25.1 Å². The summed E-state index contributed by atoms with van der Waals surface area (Å²) in [5.41, 5.74) is 7.54. The van der Waals surface area contributed by atoms with Crippen molar-refractivity contribution < 1.29 is 0 Å². The molecule has 0 fully saturated rings. The molecule has 0 amide bonds. The number of pyridine rings is 1. The van der Waals surface area contributed by atoms with E-state index in [1.165, 1.54) is 0 Å². The molecule has 2 N–H and O–H groups in total. The first-order valence-corrected chi connectivity index (χ1v) is 4.49. The molecule has 0 aromatic carbocycles. The predicted molar refractivity (Wildman–Crippen MR) is 54.0 cm³/mol. The number of hydrogen-bond donors (Lipinski definition) is 1. The maximum Gasteiger partial charge on any atom is 0.0828 e. The first kappa shape index (κ1) is 8.90. The zero-order chi connectivity index (χ0) is 9.97. The lowest BCUT2D eigenvalue weighted by Gasteiger charge is -2.00. The van der Waals surface area contributed by atoms with Crippen molar-refractivity contribution in [3.8, 4) is 5.69 Å². The molecule has 0 aliphatic carbocycles. The highest BCUT2D eigenvalue weighted by Gasteiger charge is 2.04. The predicted octanol–water partition coefficient (Wildman–Crippen LogP) is 1.29.